The normalized spacial score (nSPS) is 12.3. The van der Waals surface area contributed by atoms with E-state index in [0.717, 1.165) is 39.8 Å². The van der Waals surface area contributed by atoms with Crippen LogP contribution in [-0.2, 0) is 5.41 Å². The average molecular weight is 1420 g/mol. The molecule has 0 saturated heterocycles. The first-order valence-electron chi connectivity index (χ1n) is 38.4. The monoisotopic (exact) mass is 1410 g/mol. The first kappa shape index (κ1) is 65.0. The summed E-state index contributed by atoms with van der Waals surface area (Å²) in [4.78, 5) is 4.72. The van der Waals surface area contributed by atoms with Crippen molar-refractivity contribution in [2.45, 2.75) is 19.3 Å². The Morgan fingerprint density at radius 2 is 0.586 bits per heavy atom. The zero-order chi connectivity index (χ0) is 73.7. The highest BCUT2D eigenvalue weighted by Crippen LogP contribution is 2.53. The molecule has 22 rings (SSSR count). The number of nitrogens with zero attached hydrogens (tertiary/aromatic N) is 4. The number of aromatic nitrogens is 2. The summed E-state index contributed by atoms with van der Waals surface area (Å²) in [5, 5.41) is 17.8. The SMILES string of the molecule is CC1(C)c2cc(N(c3ccccc3)c3ccc(-c4ccc(-n5c6ccccc6c6c7ccccc7ccc65)cc4)cc3)ccc2-c2cc3ccccc3cc21.c1ccc(N(c2ccc(-c3ccc4ccccc4c3)cc2)c2ccc(-c3ccc(-n4c5ccccc5c5c6ccccc6ccc54)c4ccccc34)cc2)cc1. The fourth-order valence-corrected chi connectivity index (χ4v) is 17.9. The van der Waals surface area contributed by atoms with E-state index in [0.29, 0.717) is 0 Å². The Morgan fingerprint density at radius 1 is 0.207 bits per heavy atom. The Labute approximate surface area is 645 Å². The van der Waals surface area contributed by atoms with Gasteiger partial charge >= 0.3 is 0 Å². The van der Waals surface area contributed by atoms with Crippen molar-refractivity contribution in [2.75, 3.05) is 9.80 Å². The number of rotatable bonds is 11. The summed E-state index contributed by atoms with van der Waals surface area (Å²) < 4.78 is 4.86. The Bertz CT molecular complexity index is 7190. The van der Waals surface area contributed by atoms with Gasteiger partial charge in [-0.1, -0.05) is 293 Å². The first-order valence-corrected chi connectivity index (χ1v) is 38.4. The molecule has 1 aliphatic rings. The van der Waals surface area contributed by atoms with Gasteiger partial charge in [-0.2, -0.15) is 0 Å². The Hall–Kier alpha value is -14.3. The van der Waals surface area contributed by atoms with Crippen LogP contribution in [0.1, 0.15) is 25.0 Å². The highest BCUT2D eigenvalue weighted by molar-refractivity contribution is 6.23. The number of benzene rings is 19. The molecule has 4 heteroatoms. The van der Waals surface area contributed by atoms with E-state index >= 15 is 0 Å². The van der Waals surface area contributed by atoms with Crippen molar-refractivity contribution in [1.82, 2.24) is 9.13 Å². The minimum absolute atomic E-state index is 0.115. The van der Waals surface area contributed by atoms with E-state index in [1.165, 1.54) is 159 Å². The molecule has 21 aromatic rings. The zero-order valence-electron chi connectivity index (χ0n) is 61.5. The van der Waals surface area contributed by atoms with Gasteiger partial charge in [-0.25, -0.2) is 0 Å². The predicted octanol–water partition coefficient (Wildman–Crippen LogP) is 29.6. The molecule has 0 spiro atoms. The molecule has 19 aromatic carbocycles. The number of hydrogen-bond donors (Lipinski definition) is 0. The Morgan fingerprint density at radius 3 is 1.16 bits per heavy atom. The lowest BCUT2D eigenvalue weighted by atomic mass is 9.81. The van der Waals surface area contributed by atoms with Crippen LogP contribution in [0.3, 0.4) is 0 Å². The van der Waals surface area contributed by atoms with Gasteiger partial charge in [0.1, 0.15) is 0 Å². The van der Waals surface area contributed by atoms with Gasteiger partial charge in [-0.15, -0.1) is 0 Å². The molecule has 0 amide bonds. The van der Waals surface area contributed by atoms with Gasteiger partial charge in [0, 0.05) is 72.2 Å². The van der Waals surface area contributed by atoms with E-state index in [1.807, 2.05) is 0 Å². The standard InChI is InChI=1S/C54H36N2.C53H38N2/c1-2-15-43(16-3-1)55(44-29-24-38(25-30-44)42-23-22-37-12-4-5-14-41(37)36-42)45-31-26-40(27-32-45)46-33-35-52(49-19-9-8-18-48(46)49)56-51-21-11-10-20-50(51)54-47-17-7-6-13-39(47)28-34-53(54)56;1-53(2)48-33-39-14-7-6-13-38(39)32-47(48)45-30-29-43(34-49(45)53)54(40-15-4-3-5-16-40)41-25-20-35(21-26-41)36-22-27-42(28-23-36)55-50-19-11-10-18-46(50)52-44-17-9-8-12-37(44)24-31-51(52)55/h1-36H;3-34H,1-2H3. The van der Waals surface area contributed by atoms with E-state index in [2.05, 4.69) is 445 Å². The summed E-state index contributed by atoms with van der Waals surface area (Å²) in [6, 6.07) is 151. The second-order valence-corrected chi connectivity index (χ2v) is 29.9. The molecular formula is C107H74N4. The van der Waals surface area contributed by atoms with Crippen molar-refractivity contribution in [2.24, 2.45) is 0 Å². The van der Waals surface area contributed by atoms with Crippen LogP contribution in [0.5, 0.6) is 0 Å². The van der Waals surface area contributed by atoms with Crippen molar-refractivity contribution in [1.29, 1.82) is 0 Å². The third-order valence-electron chi connectivity index (χ3n) is 23.3. The summed E-state index contributed by atoms with van der Waals surface area (Å²) in [5.41, 5.74) is 26.5. The van der Waals surface area contributed by atoms with Crippen LogP contribution in [0.15, 0.2) is 413 Å². The van der Waals surface area contributed by atoms with Crippen LogP contribution < -0.4 is 9.80 Å². The summed E-state index contributed by atoms with van der Waals surface area (Å²) in [5.74, 6) is 0. The lowest BCUT2D eigenvalue weighted by molar-refractivity contribution is 0.661. The zero-order valence-corrected chi connectivity index (χ0v) is 61.5. The van der Waals surface area contributed by atoms with E-state index in [-0.39, 0.29) is 5.41 Å². The van der Waals surface area contributed by atoms with Crippen molar-refractivity contribution in [3.05, 3.63) is 424 Å². The maximum Gasteiger partial charge on any atom is 0.0547 e. The Kier molecular flexibility index (Phi) is 15.6. The van der Waals surface area contributed by atoms with Gasteiger partial charge in [0.25, 0.3) is 0 Å². The second-order valence-electron chi connectivity index (χ2n) is 29.9. The minimum Gasteiger partial charge on any atom is -0.311 e. The smallest absolute Gasteiger partial charge is 0.0547 e. The molecule has 111 heavy (non-hydrogen) atoms. The Balaban J connectivity index is 0.000000141. The summed E-state index contributed by atoms with van der Waals surface area (Å²) in [6.45, 7) is 4.73. The van der Waals surface area contributed by atoms with Crippen LogP contribution in [-0.4, -0.2) is 9.13 Å². The molecule has 2 heterocycles. The molecule has 1 aliphatic carbocycles. The van der Waals surface area contributed by atoms with Gasteiger partial charge in [-0.05, 0) is 238 Å². The summed E-state index contributed by atoms with van der Waals surface area (Å²) in [6.07, 6.45) is 0. The highest BCUT2D eigenvalue weighted by atomic mass is 15.1. The van der Waals surface area contributed by atoms with Gasteiger partial charge < -0.3 is 18.9 Å². The number of para-hydroxylation sites is 4. The fraction of sp³-hybridized carbons (Fsp3) is 0.0280. The average Bonchev–Trinajstić information content (AvgIpc) is 1.59. The maximum absolute atomic E-state index is 2.45. The molecular weight excluding hydrogens is 1340 g/mol. The topological polar surface area (TPSA) is 16.3 Å². The molecule has 0 atom stereocenters. The third kappa shape index (κ3) is 11.0. The van der Waals surface area contributed by atoms with E-state index in [1.54, 1.807) is 0 Å². The van der Waals surface area contributed by atoms with Gasteiger partial charge in [0.2, 0.25) is 0 Å². The van der Waals surface area contributed by atoms with Gasteiger partial charge in [0.05, 0.1) is 27.8 Å². The molecule has 0 bridgehead atoms. The molecule has 0 radical (unpaired) electrons. The highest BCUT2D eigenvalue weighted by Gasteiger charge is 2.37. The fourth-order valence-electron chi connectivity index (χ4n) is 17.9. The predicted molar refractivity (Wildman–Crippen MR) is 472 cm³/mol. The van der Waals surface area contributed by atoms with E-state index in [9.17, 15) is 0 Å². The number of fused-ring (bicyclic) bond motifs is 16. The van der Waals surface area contributed by atoms with Crippen molar-refractivity contribution < 1.29 is 0 Å². The van der Waals surface area contributed by atoms with E-state index < -0.39 is 0 Å². The van der Waals surface area contributed by atoms with Crippen molar-refractivity contribution in [3.63, 3.8) is 0 Å². The minimum atomic E-state index is -0.115. The van der Waals surface area contributed by atoms with E-state index in [4.69, 9.17) is 0 Å². The molecule has 0 N–H and O–H groups in total. The maximum atomic E-state index is 2.45. The summed E-state index contributed by atoms with van der Waals surface area (Å²) in [7, 11) is 0. The lowest BCUT2D eigenvalue weighted by Crippen LogP contribution is -2.16. The molecule has 4 nitrogen and oxygen atoms in total. The molecule has 0 aliphatic heterocycles. The summed E-state index contributed by atoms with van der Waals surface area (Å²) >= 11 is 0. The molecule has 522 valence electrons. The second kappa shape index (κ2) is 26.6. The van der Waals surface area contributed by atoms with Crippen LogP contribution in [0, 0.1) is 0 Å². The molecule has 0 saturated carbocycles. The van der Waals surface area contributed by atoms with Gasteiger partial charge in [-0.3, -0.25) is 0 Å². The number of hydrogen-bond acceptors (Lipinski definition) is 2. The van der Waals surface area contributed by atoms with Gasteiger partial charge in [0.15, 0.2) is 0 Å². The quantitative estimate of drug-likeness (QED) is 0.128. The molecule has 2 aromatic heterocycles. The molecule has 0 fully saturated rings. The van der Waals surface area contributed by atoms with Crippen molar-refractivity contribution >= 4 is 132 Å². The van der Waals surface area contributed by atoms with Crippen LogP contribution in [0.4, 0.5) is 34.1 Å². The lowest BCUT2D eigenvalue weighted by Gasteiger charge is -2.28. The van der Waals surface area contributed by atoms with Crippen molar-refractivity contribution in [3.8, 4) is 55.9 Å². The van der Waals surface area contributed by atoms with Crippen LogP contribution in [0.2, 0.25) is 0 Å². The number of anilines is 6. The molecule has 0 unspecified atom stereocenters. The largest absolute Gasteiger partial charge is 0.311 e. The van der Waals surface area contributed by atoms with Crippen LogP contribution >= 0.6 is 0 Å². The third-order valence-corrected chi connectivity index (χ3v) is 23.3. The first-order chi connectivity index (χ1) is 54.8. The van der Waals surface area contributed by atoms with Crippen LogP contribution in [0.25, 0.3) is 153 Å².